The van der Waals surface area contributed by atoms with Crippen LogP contribution in [-0.4, -0.2) is 27.8 Å². The predicted octanol–water partition coefficient (Wildman–Crippen LogP) is 4.67. The van der Waals surface area contributed by atoms with Crippen molar-refractivity contribution in [3.8, 4) is 17.1 Å². The third-order valence-electron chi connectivity index (χ3n) is 9.38. The lowest BCUT2D eigenvalue weighted by Crippen LogP contribution is -2.63. The summed E-state index contributed by atoms with van der Waals surface area (Å²) in [5.41, 5.74) is -0.560. The van der Waals surface area contributed by atoms with Crippen LogP contribution in [0.2, 0.25) is 0 Å². The number of carbonyl (C=O) groups excluding carboxylic acids is 1. The molecule has 3 heterocycles. The van der Waals surface area contributed by atoms with Crippen molar-refractivity contribution in [2.75, 3.05) is 0 Å². The van der Waals surface area contributed by atoms with Crippen LogP contribution in [0.25, 0.3) is 11.3 Å². The minimum atomic E-state index is -0.992. The number of aromatic nitrogens is 1. The Bertz CT molecular complexity index is 1210. The smallest absolute Gasteiger partial charge is 0.345 e. The van der Waals surface area contributed by atoms with Crippen molar-refractivity contribution in [2.45, 2.75) is 77.1 Å². The maximum Gasteiger partial charge on any atom is 0.345 e. The average molecular weight is 480 g/mol. The van der Waals surface area contributed by atoms with Crippen molar-refractivity contribution in [1.29, 1.82) is 0 Å². The van der Waals surface area contributed by atoms with Gasteiger partial charge in [-0.1, -0.05) is 13.8 Å². The second-order valence-corrected chi connectivity index (χ2v) is 11.6. The Morgan fingerprint density at radius 3 is 2.71 bits per heavy atom. The van der Waals surface area contributed by atoms with Crippen molar-refractivity contribution in [3.05, 3.63) is 46.6 Å². The number of nitrogens with zero attached hydrogens (tertiary/aromatic N) is 1. The van der Waals surface area contributed by atoms with Crippen LogP contribution in [0.3, 0.4) is 0 Å². The summed E-state index contributed by atoms with van der Waals surface area (Å²) in [6.45, 7) is 6.46. The standard InChI is InChI=1S/C28H33NO6/c1-15-18-8-11-28(3)24(27(18,2)10-9-19(15)33-25(31)16-6-7-16)23(30)22-21(35-28)13-20(34-26(22)32)17-5-4-12-29-14-17/h4-5,12-16,18-19,23-24,30H,6-11H2,1-3H3/t15-,18?,19+,23?,24?,27+,28-/m1/s1. The van der Waals surface area contributed by atoms with Gasteiger partial charge in [0.15, 0.2) is 0 Å². The molecule has 7 nitrogen and oxygen atoms in total. The number of pyridine rings is 1. The van der Waals surface area contributed by atoms with Gasteiger partial charge in [-0.05, 0) is 74.8 Å². The molecule has 1 N–H and O–H groups in total. The molecule has 3 aliphatic carbocycles. The lowest BCUT2D eigenvalue weighted by molar-refractivity contribution is -0.208. The molecule has 0 amide bonds. The fourth-order valence-electron chi connectivity index (χ4n) is 7.48. The van der Waals surface area contributed by atoms with Crippen LogP contribution in [0.5, 0.6) is 5.75 Å². The number of aliphatic hydroxyl groups excluding tert-OH is 1. The summed E-state index contributed by atoms with van der Waals surface area (Å²) in [5.74, 6) is 0.980. The van der Waals surface area contributed by atoms with Gasteiger partial charge in [-0.2, -0.15) is 0 Å². The first-order valence-electron chi connectivity index (χ1n) is 12.9. The Kier molecular flexibility index (Phi) is 5.15. The molecule has 0 saturated heterocycles. The summed E-state index contributed by atoms with van der Waals surface area (Å²) in [5, 5.41) is 11.7. The number of carbonyl (C=O) groups is 1. The van der Waals surface area contributed by atoms with Crippen LogP contribution in [-0.2, 0) is 9.53 Å². The van der Waals surface area contributed by atoms with Gasteiger partial charge in [0.05, 0.1) is 12.0 Å². The van der Waals surface area contributed by atoms with E-state index in [-0.39, 0.29) is 46.7 Å². The van der Waals surface area contributed by atoms with Crippen molar-refractivity contribution in [3.63, 3.8) is 0 Å². The Hall–Kier alpha value is -2.67. The SMILES string of the molecule is C[C@@H]1C2CC[C@@]3(C)Oc4cc(-c5cccnc5)oc(=O)c4C(O)C3[C@@]2(C)CC[C@@H]1OC(=O)C1CC1. The van der Waals surface area contributed by atoms with Gasteiger partial charge in [-0.3, -0.25) is 9.78 Å². The van der Waals surface area contributed by atoms with E-state index in [2.05, 4.69) is 25.8 Å². The van der Waals surface area contributed by atoms with E-state index in [1.54, 1.807) is 24.5 Å². The van der Waals surface area contributed by atoms with Gasteiger partial charge in [-0.25, -0.2) is 4.79 Å². The van der Waals surface area contributed by atoms with E-state index in [0.717, 1.165) is 38.5 Å². The molecule has 7 atom stereocenters. The normalized spacial score (nSPS) is 37.9. The highest BCUT2D eigenvalue weighted by atomic mass is 16.5. The number of aliphatic hydroxyl groups is 1. The number of esters is 1. The minimum absolute atomic E-state index is 0.0527. The fourth-order valence-corrected chi connectivity index (χ4v) is 7.48. The molecule has 7 heteroatoms. The van der Waals surface area contributed by atoms with Gasteiger partial charge in [0.2, 0.25) is 0 Å². The molecule has 1 aliphatic heterocycles. The highest BCUT2D eigenvalue weighted by molar-refractivity contribution is 5.75. The molecule has 4 aliphatic rings. The van der Waals surface area contributed by atoms with Gasteiger partial charge in [0, 0.05) is 29.9 Å². The molecular formula is C28H33NO6. The van der Waals surface area contributed by atoms with Crippen molar-refractivity contribution >= 4 is 5.97 Å². The topological polar surface area (TPSA) is 98.9 Å². The molecule has 3 fully saturated rings. The van der Waals surface area contributed by atoms with Crippen LogP contribution < -0.4 is 10.4 Å². The molecule has 3 saturated carbocycles. The summed E-state index contributed by atoms with van der Waals surface area (Å²) < 4.78 is 18.2. The van der Waals surface area contributed by atoms with E-state index in [4.69, 9.17) is 13.9 Å². The molecule has 0 radical (unpaired) electrons. The van der Waals surface area contributed by atoms with Crippen LogP contribution in [0, 0.1) is 29.1 Å². The van der Waals surface area contributed by atoms with E-state index in [1.165, 1.54) is 0 Å². The van der Waals surface area contributed by atoms with Crippen LogP contribution in [0.15, 0.2) is 39.8 Å². The van der Waals surface area contributed by atoms with Gasteiger partial charge in [0.1, 0.15) is 28.8 Å². The average Bonchev–Trinajstić information content (AvgIpc) is 3.66. The molecule has 0 spiro atoms. The van der Waals surface area contributed by atoms with Crippen molar-refractivity contribution < 1.29 is 23.8 Å². The largest absolute Gasteiger partial charge is 0.486 e. The van der Waals surface area contributed by atoms with Crippen LogP contribution in [0.1, 0.15) is 71.0 Å². The van der Waals surface area contributed by atoms with Gasteiger partial charge >= 0.3 is 11.6 Å². The number of rotatable bonds is 3. The molecule has 3 unspecified atom stereocenters. The number of hydrogen-bond donors (Lipinski definition) is 1. The third kappa shape index (κ3) is 3.53. The van der Waals surface area contributed by atoms with E-state index in [9.17, 15) is 14.7 Å². The summed E-state index contributed by atoms with van der Waals surface area (Å²) in [6, 6.07) is 5.32. The fraction of sp³-hybridized carbons (Fsp3) is 0.607. The van der Waals surface area contributed by atoms with Crippen LogP contribution in [0.4, 0.5) is 0 Å². The van der Waals surface area contributed by atoms with E-state index >= 15 is 0 Å². The van der Waals surface area contributed by atoms with Gasteiger partial charge in [-0.15, -0.1) is 0 Å². The Morgan fingerprint density at radius 2 is 2.00 bits per heavy atom. The first-order valence-corrected chi connectivity index (χ1v) is 12.9. The zero-order valence-corrected chi connectivity index (χ0v) is 20.5. The minimum Gasteiger partial charge on any atom is -0.486 e. The zero-order valence-electron chi connectivity index (χ0n) is 20.5. The second kappa shape index (κ2) is 7.92. The zero-order chi connectivity index (χ0) is 24.5. The van der Waals surface area contributed by atoms with Crippen molar-refractivity contribution in [1.82, 2.24) is 4.98 Å². The molecular weight excluding hydrogens is 446 g/mol. The monoisotopic (exact) mass is 479 g/mol. The Balaban J connectivity index is 1.34. The third-order valence-corrected chi connectivity index (χ3v) is 9.38. The highest BCUT2D eigenvalue weighted by Gasteiger charge is 2.63. The maximum atomic E-state index is 13.1. The lowest BCUT2D eigenvalue weighted by Gasteiger charge is -2.62. The molecule has 35 heavy (non-hydrogen) atoms. The first kappa shape index (κ1) is 22.8. The maximum absolute atomic E-state index is 13.1. The molecule has 0 aromatic carbocycles. The Labute approximate surface area is 204 Å². The predicted molar refractivity (Wildman–Crippen MR) is 128 cm³/mol. The quantitative estimate of drug-likeness (QED) is 0.639. The molecule has 186 valence electrons. The van der Waals surface area contributed by atoms with Crippen LogP contribution >= 0.6 is 0 Å². The molecule has 2 aromatic heterocycles. The van der Waals surface area contributed by atoms with E-state index < -0.39 is 17.3 Å². The van der Waals surface area contributed by atoms with E-state index in [0.29, 0.717) is 17.1 Å². The first-order chi connectivity index (χ1) is 16.7. The number of fused-ring (bicyclic) bond motifs is 4. The van der Waals surface area contributed by atoms with Crippen molar-refractivity contribution in [2.24, 2.45) is 29.1 Å². The molecule has 6 rings (SSSR count). The Morgan fingerprint density at radius 1 is 1.20 bits per heavy atom. The van der Waals surface area contributed by atoms with E-state index in [1.807, 2.05) is 6.07 Å². The summed E-state index contributed by atoms with van der Waals surface area (Å²) in [7, 11) is 0. The number of ether oxygens (including phenoxy) is 2. The summed E-state index contributed by atoms with van der Waals surface area (Å²) in [4.78, 5) is 29.6. The van der Waals surface area contributed by atoms with Gasteiger partial charge < -0.3 is 19.0 Å². The lowest BCUT2D eigenvalue weighted by atomic mass is 9.47. The summed E-state index contributed by atoms with van der Waals surface area (Å²) in [6.07, 6.45) is 7.33. The van der Waals surface area contributed by atoms with Gasteiger partial charge in [0.25, 0.3) is 0 Å². The second-order valence-electron chi connectivity index (χ2n) is 11.6. The highest BCUT2D eigenvalue weighted by Crippen LogP contribution is 2.64. The molecule has 0 bridgehead atoms. The number of hydrogen-bond acceptors (Lipinski definition) is 7. The summed E-state index contributed by atoms with van der Waals surface area (Å²) >= 11 is 0. The molecule has 2 aromatic rings.